The Hall–Kier alpha value is -2.12. The van der Waals surface area contributed by atoms with Gasteiger partial charge in [-0.3, -0.25) is 9.89 Å². The monoisotopic (exact) mass is 283 g/mol. The molecule has 2 amide bonds. The molecule has 0 aliphatic rings. The molecule has 1 aromatic rings. The van der Waals surface area contributed by atoms with Crippen LogP contribution in [0.5, 0.6) is 0 Å². The van der Waals surface area contributed by atoms with E-state index in [0.717, 1.165) is 0 Å². The molecule has 0 aliphatic heterocycles. The molecule has 0 aromatic carbocycles. The van der Waals surface area contributed by atoms with Gasteiger partial charge in [0.2, 0.25) is 0 Å². The van der Waals surface area contributed by atoms with Crippen LogP contribution < -0.4 is 5.32 Å². The van der Waals surface area contributed by atoms with Crippen LogP contribution in [0.1, 0.15) is 33.5 Å². The number of hydrogen-bond acceptors (Lipinski definition) is 4. The van der Waals surface area contributed by atoms with Gasteiger partial charge in [0, 0.05) is 7.05 Å². The van der Waals surface area contributed by atoms with Crippen LogP contribution in [0.2, 0.25) is 0 Å². The quantitative estimate of drug-likeness (QED) is 0.741. The first kappa shape index (κ1) is 15.9. The van der Waals surface area contributed by atoms with Gasteiger partial charge in [-0.25, -0.2) is 9.78 Å². The van der Waals surface area contributed by atoms with Gasteiger partial charge >= 0.3 is 12.0 Å². The average Bonchev–Trinajstić information content (AvgIpc) is 2.80. The molecule has 0 radical (unpaired) electrons. The minimum Gasteiger partial charge on any atom is -0.481 e. The smallest absolute Gasteiger partial charge is 0.317 e. The molecule has 20 heavy (non-hydrogen) atoms. The molecule has 1 rings (SSSR count). The Labute approximate surface area is 117 Å². The summed E-state index contributed by atoms with van der Waals surface area (Å²) < 4.78 is 0. The summed E-state index contributed by atoms with van der Waals surface area (Å²) in [5.41, 5.74) is -2.01. The summed E-state index contributed by atoms with van der Waals surface area (Å²) in [5.74, 6) is -0.418. The van der Waals surface area contributed by atoms with E-state index in [4.69, 9.17) is 0 Å². The Balaban J connectivity index is 2.71. The van der Waals surface area contributed by atoms with Crippen molar-refractivity contribution in [2.24, 2.45) is 5.41 Å². The Morgan fingerprint density at radius 3 is 2.45 bits per heavy atom. The SMILES string of the molecule is CN(Cc1ncn[nH]1)C(=O)NC(C)(C)C(C)(C)C(=O)O. The number of H-pyrrole nitrogens is 1. The number of carboxylic acids is 1. The molecule has 1 heterocycles. The predicted octanol–water partition coefficient (Wildman–Crippen LogP) is 0.835. The molecular weight excluding hydrogens is 262 g/mol. The second kappa shape index (κ2) is 5.48. The van der Waals surface area contributed by atoms with E-state index in [-0.39, 0.29) is 12.6 Å². The predicted molar refractivity (Wildman–Crippen MR) is 71.9 cm³/mol. The molecule has 0 bridgehead atoms. The summed E-state index contributed by atoms with van der Waals surface area (Å²) in [6.07, 6.45) is 1.36. The Kier molecular flexibility index (Phi) is 4.36. The first-order chi connectivity index (χ1) is 9.08. The molecule has 0 aliphatic carbocycles. The largest absolute Gasteiger partial charge is 0.481 e. The summed E-state index contributed by atoms with van der Waals surface area (Å²) in [6, 6.07) is -0.374. The first-order valence-electron chi connectivity index (χ1n) is 6.19. The van der Waals surface area contributed by atoms with E-state index in [2.05, 4.69) is 20.5 Å². The maximum atomic E-state index is 12.1. The second-order valence-corrected chi connectivity index (χ2v) is 5.77. The lowest BCUT2D eigenvalue weighted by atomic mass is 9.74. The number of urea groups is 1. The molecular formula is C12H21N5O3. The minimum atomic E-state index is -1.10. The summed E-state index contributed by atoms with van der Waals surface area (Å²) in [7, 11) is 1.60. The van der Waals surface area contributed by atoms with Gasteiger partial charge in [-0.1, -0.05) is 0 Å². The number of aliphatic carboxylic acids is 1. The molecule has 8 nitrogen and oxygen atoms in total. The van der Waals surface area contributed by atoms with Crippen molar-refractivity contribution in [3.05, 3.63) is 12.2 Å². The highest BCUT2D eigenvalue weighted by Gasteiger charge is 2.44. The minimum absolute atomic E-state index is 0.259. The molecule has 1 aromatic heterocycles. The average molecular weight is 283 g/mol. The van der Waals surface area contributed by atoms with Gasteiger partial charge in [-0.05, 0) is 27.7 Å². The molecule has 112 valence electrons. The van der Waals surface area contributed by atoms with Crippen molar-refractivity contribution < 1.29 is 14.7 Å². The van der Waals surface area contributed by atoms with E-state index in [1.807, 2.05) is 0 Å². The van der Waals surface area contributed by atoms with E-state index in [0.29, 0.717) is 5.82 Å². The van der Waals surface area contributed by atoms with E-state index in [1.165, 1.54) is 11.2 Å². The van der Waals surface area contributed by atoms with Gasteiger partial charge in [-0.15, -0.1) is 0 Å². The maximum Gasteiger partial charge on any atom is 0.317 e. The molecule has 0 atom stereocenters. The van der Waals surface area contributed by atoms with Gasteiger partial charge in [-0.2, -0.15) is 5.10 Å². The zero-order valence-electron chi connectivity index (χ0n) is 12.4. The fraction of sp³-hybridized carbons (Fsp3) is 0.667. The zero-order valence-corrected chi connectivity index (χ0v) is 12.4. The van der Waals surface area contributed by atoms with Crippen LogP contribution in [-0.2, 0) is 11.3 Å². The summed E-state index contributed by atoms with van der Waals surface area (Å²) in [4.78, 5) is 28.7. The van der Waals surface area contributed by atoms with Crippen molar-refractivity contribution >= 4 is 12.0 Å². The maximum absolute atomic E-state index is 12.1. The number of rotatable bonds is 5. The van der Waals surface area contributed by atoms with Crippen molar-refractivity contribution in [3.63, 3.8) is 0 Å². The zero-order chi connectivity index (χ0) is 15.6. The fourth-order valence-corrected chi connectivity index (χ4v) is 1.39. The van der Waals surface area contributed by atoms with Gasteiger partial charge in [0.05, 0.1) is 17.5 Å². The van der Waals surface area contributed by atoms with Gasteiger partial charge in [0.1, 0.15) is 12.2 Å². The lowest BCUT2D eigenvalue weighted by Gasteiger charge is -2.39. The number of nitrogens with one attached hydrogen (secondary N) is 2. The number of carboxylic acid groups (broad SMARTS) is 1. The fourth-order valence-electron chi connectivity index (χ4n) is 1.39. The molecule has 8 heteroatoms. The summed E-state index contributed by atoms with van der Waals surface area (Å²) >= 11 is 0. The molecule has 0 saturated heterocycles. The van der Waals surface area contributed by atoms with Crippen LogP contribution in [0.25, 0.3) is 0 Å². The van der Waals surface area contributed by atoms with Crippen LogP contribution in [0, 0.1) is 5.41 Å². The molecule has 3 N–H and O–H groups in total. The standard InChI is InChI=1S/C12H21N5O3/c1-11(2,9(18)19)12(3,4)15-10(20)17(5)6-8-13-7-14-16-8/h7H,6H2,1-5H3,(H,15,20)(H,18,19)(H,13,14,16). The lowest BCUT2D eigenvalue weighted by Crippen LogP contribution is -2.59. The highest BCUT2D eigenvalue weighted by molar-refractivity contribution is 5.79. The number of carbonyl (C=O) groups is 2. The number of hydrogen-bond donors (Lipinski definition) is 3. The van der Waals surface area contributed by atoms with E-state index in [1.54, 1.807) is 34.7 Å². The van der Waals surface area contributed by atoms with Crippen LogP contribution in [0.3, 0.4) is 0 Å². The second-order valence-electron chi connectivity index (χ2n) is 5.77. The third kappa shape index (κ3) is 3.25. The van der Waals surface area contributed by atoms with Crippen molar-refractivity contribution in [2.75, 3.05) is 7.05 Å². The topological polar surface area (TPSA) is 111 Å². The van der Waals surface area contributed by atoms with Gasteiger partial charge < -0.3 is 15.3 Å². The lowest BCUT2D eigenvalue weighted by molar-refractivity contribution is -0.150. The Morgan fingerprint density at radius 1 is 1.40 bits per heavy atom. The number of nitrogens with zero attached hydrogens (tertiary/aromatic N) is 3. The molecule has 0 unspecified atom stereocenters. The van der Waals surface area contributed by atoms with E-state index >= 15 is 0 Å². The molecule has 0 fully saturated rings. The van der Waals surface area contributed by atoms with Crippen LogP contribution in [0.15, 0.2) is 6.33 Å². The Morgan fingerprint density at radius 2 is 2.00 bits per heavy atom. The van der Waals surface area contributed by atoms with Crippen molar-refractivity contribution in [2.45, 2.75) is 39.8 Å². The van der Waals surface area contributed by atoms with Crippen molar-refractivity contribution in [1.29, 1.82) is 0 Å². The third-order valence-electron chi connectivity index (χ3n) is 3.72. The Bertz CT molecular complexity index is 481. The highest BCUT2D eigenvalue weighted by atomic mass is 16.4. The number of carbonyl (C=O) groups excluding carboxylic acids is 1. The van der Waals surface area contributed by atoms with Crippen LogP contribution in [-0.4, -0.2) is 49.8 Å². The van der Waals surface area contributed by atoms with Crippen molar-refractivity contribution in [3.8, 4) is 0 Å². The van der Waals surface area contributed by atoms with E-state index in [9.17, 15) is 14.7 Å². The first-order valence-corrected chi connectivity index (χ1v) is 6.19. The third-order valence-corrected chi connectivity index (χ3v) is 3.72. The van der Waals surface area contributed by atoms with E-state index < -0.39 is 16.9 Å². The number of amides is 2. The highest BCUT2D eigenvalue weighted by Crippen LogP contribution is 2.30. The number of aromatic nitrogens is 3. The van der Waals surface area contributed by atoms with Gasteiger partial charge in [0.25, 0.3) is 0 Å². The van der Waals surface area contributed by atoms with Gasteiger partial charge in [0.15, 0.2) is 0 Å². The summed E-state index contributed by atoms with van der Waals surface area (Å²) in [6.45, 7) is 6.77. The number of aromatic amines is 1. The normalized spacial score (nSPS) is 12.1. The summed E-state index contributed by atoms with van der Waals surface area (Å²) in [5, 5.41) is 18.3. The van der Waals surface area contributed by atoms with Crippen LogP contribution in [0.4, 0.5) is 4.79 Å². The van der Waals surface area contributed by atoms with Crippen LogP contribution >= 0.6 is 0 Å². The molecule has 0 saturated carbocycles. The van der Waals surface area contributed by atoms with Crippen molar-refractivity contribution in [1.82, 2.24) is 25.4 Å². The molecule has 0 spiro atoms.